The molecule has 1 aromatic carbocycles. The molecule has 1 saturated heterocycles. The maximum absolute atomic E-state index is 11.5. The fraction of sp³-hybridized carbons (Fsp3) is 0.364. The van der Waals surface area contributed by atoms with Crippen LogP contribution in [0.15, 0.2) is 24.3 Å². The minimum Gasteiger partial charge on any atom is -0.497 e. The van der Waals surface area contributed by atoms with Crippen molar-refractivity contribution >= 4 is 17.5 Å². The molecule has 3 heteroatoms. The molecule has 2 nitrogen and oxygen atoms in total. The molecule has 0 aliphatic carbocycles. The van der Waals surface area contributed by atoms with Crippen molar-refractivity contribution in [3.8, 4) is 5.75 Å². The third-order valence-electron chi connectivity index (χ3n) is 2.32. The smallest absolute Gasteiger partial charge is 0.151 e. The molecule has 1 atom stereocenters. The number of carbonyl (C=O) groups is 1. The van der Waals surface area contributed by atoms with E-state index in [-0.39, 0.29) is 5.25 Å². The quantitative estimate of drug-likeness (QED) is 0.746. The van der Waals surface area contributed by atoms with Crippen LogP contribution in [0.4, 0.5) is 0 Å². The molecule has 1 aliphatic heterocycles. The molecule has 74 valence electrons. The number of carbonyl (C=O) groups excluding carboxylic acids is 1. The zero-order chi connectivity index (χ0) is 9.97. The molecule has 0 amide bonds. The van der Waals surface area contributed by atoms with Crippen molar-refractivity contribution in [3.63, 3.8) is 0 Å². The molecule has 2 rings (SSSR count). The Bertz CT molecular complexity index is 349. The van der Waals surface area contributed by atoms with Crippen LogP contribution in [0.25, 0.3) is 0 Å². The van der Waals surface area contributed by atoms with E-state index in [1.807, 2.05) is 24.3 Å². The zero-order valence-electron chi connectivity index (χ0n) is 8.03. The monoisotopic (exact) mass is 208 g/mol. The predicted octanol–water partition coefficient (Wildman–Crippen LogP) is 2.44. The van der Waals surface area contributed by atoms with Crippen molar-refractivity contribution in [1.29, 1.82) is 0 Å². The summed E-state index contributed by atoms with van der Waals surface area (Å²) < 4.78 is 5.13. The Balaban J connectivity index is 2.26. The van der Waals surface area contributed by atoms with E-state index in [2.05, 4.69) is 0 Å². The van der Waals surface area contributed by atoms with Gasteiger partial charge in [-0.05, 0) is 17.7 Å². The van der Waals surface area contributed by atoms with E-state index in [0.29, 0.717) is 12.2 Å². The first-order valence-corrected chi connectivity index (χ1v) is 5.64. The van der Waals surface area contributed by atoms with Crippen molar-refractivity contribution in [2.24, 2.45) is 0 Å². The van der Waals surface area contributed by atoms with Crippen LogP contribution in [-0.2, 0) is 4.79 Å². The molecule has 1 aliphatic rings. The summed E-state index contributed by atoms with van der Waals surface area (Å²) in [6.45, 7) is 0. The molecule has 0 spiro atoms. The summed E-state index contributed by atoms with van der Waals surface area (Å²) >= 11 is 1.72. The second-order valence-electron chi connectivity index (χ2n) is 3.24. The van der Waals surface area contributed by atoms with Gasteiger partial charge in [0.15, 0.2) is 5.78 Å². The summed E-state index contributed by atoms with van der Waals surface area (Å²) in [5.41, 5.74) is 1.07. The standard InChI is InChI=1S/C11H12O2S/c1-13-9-4-2-3-8(7-9)11-10(12)5-6-14-11/h2-4,7,11H,5-6H2,1H3. The van der Waals surface area contributed by atoms with Gasteiger partial charge < -0.3 is 4.74 Å². The van der Waals surface area contributed by atoms with Gasteiger partial charge >= 0.3 is 0 Å². The highest BCUT2D eigenvalue weighted by molar-refractivity contribution is 8.00. The molecule has 0 N–H and O–H groups in total. The maximum Gasteiger partial charge on any atom is 0.151 e. The first kappa shape index (κ1) is 9.59. The highest BCUT2D eigenvalue weighted by Crippen LogP contribution is 2.37. The SMILES string of the molecule is COc1cccc(C2SCCC2=O)c1. The highest BCUT2D eigenvalue weighted by Gasteiger charge is 2.26. The summed E-state index contributed by atoms with van der Waals surface area (Å²) in [5, 5.41) is 0.0325. The van der Waals surface area contributed by atoms with Crippen molar-refractivity contribution in [1.82, 2.24) is 0 Å². The lowest BCUT2D eigenvalue weighted by atomic mass is 10.1. The van der Waals surface area contributed by atoms with E-state index in [9.17, 15) is 4.79 Å². The second-order valence-corrected chi connectivity index (χ2v) is 4.46. The maximum atomic E-state index is 11.5. The second kappa shape index (κ2) is 4.05. The largest absolute Gasteiger partial charge is 0.497 e. The zero-order valence-corrected chi connectivity index (χ0v) is 8.84. The van der Waals surface area contributed by atoms with Gasteiger partial charge in [-0.3, -0.25) is 4.79 Å². The molecule has 0 aromatic heterocycles. The minimum atomic E-state index is 0.0325. The Labute approximate surface area is 87.6 Å². The Morgan fingerprint density at radius 2 is 2.36 bits per heavy atom. The number of rotatable bonds is 2. The molecule has 1 unspecified atom stereocenters. The normalized spacial score (nSPS) is 21.2. The summed E-state index contributed by atoms with van der Waals surface area (Å²) in [5.74, 6) is 2.10. The van der Waals surface area contributed by atoms with Crippen LogP contribution in [0.1, 0.15) is 17.2 Å². The van der Waals surface area contributed by atoms with E-state index >= 15 is 0 Å². The fourth-order valence-electron chi connectivity index (χ4n) is 1.59. The Morgan fingerprint density at radius 3 is 3.00 bits per heavy atom. The number of methoxy groups -OCH3 is 1. The Morgan fingerprint density at radius 1 is 1.50 bits per heavy atom. The van der Waals surface area contributed by atoms with E-state index in [0.717, 1.165) is 17.1 Å². The molecule has 0 saturated carbocycles. The highest BCUT2D eigenvalue weighted by atomic mass is 32.2. The molecule has 1 fully saturated rings. The molecular formula is C11H12O2S. The molecular weight excluding hydrogens is 196 g/mol. The van der Waals surface area contributed by atoms with Crippen LogP contribution in [-0.4, -0.2) is 18.6 Å². The topological polar surface area (TPSA) is 26.3 Å². The van der Waals surface area contributed by atoms with Crippen LogP contribution < -0.4 is 4.74 Å². The number of benzene rings is 1. The van der Waals surface area contributed by atoms with E-state index in [1.165, 1.54) is 0 Å². The lowest BCUT2D eigenvalue weighted by Gasteiger charge is -2.08. The number of ketones is 1. The molecule has 14 heavy (non-hydrogen) atoms. The number of hydrogen-bond donors (Lipinski definition) is 0. The van der Waals surface area contributed by atoms with Crippen LogP contribution in [0.2, 0.25) is 0 Å². The van der Waals surface area contributed by atoms with Gasteiger partial charge in [-0.15, -0.1) is 11.8 Å². The summed E-state index contributed by atoms with van der Waals surface area (Å²) in [6, 6.07) is 7.76. The number of hydrogen-bond acceptors (Lipinski definition) is 3. The van der Waals surface area contributed by atoms with Crippen LogP contribution in [0.3, 0.4) is 0 Å². The fourth-order valence-corrected chi connectivity index (χ4v) is 2.79. The van der Waals surface area contributed by atoms with Crippen LogP contribution >= 0.6 is 11.8 Å². The van der Waals surface area contributed by atoms with Crippen molar-refractivity contribution in [2.75, 3.05) is 12.9 Å². The van der Waals surface area contributed by atoms with Crippen LogP contribution in [0, 0.1) is 0 Å². The first-order chi connectivity index (χ1) is 6.81. The van der Waals surface area contributed by atoms with Gasteiger partial charge in [0, 0.05) is 12.2 Å². The lowest BCUT2D eigenvalue weighted by molar-refractivity contribution is -0.117. The average Bonchev–Trinajstić information content (AvgIpc) is 2.65. The van der Waals surface area contributed by atoms with E-state index in [4.69, 9.17) is 4.74 Å². The molecule has 1 aromatic rings. The van der Waals surface area contributed by atoms with Gasteiger partial charge in [-0.1, -0.05) is 12.1 Å². The summed E-state index contributed by atoms with van der Waals surface area (Å²) in [6.07, 6.45) is 0.701. The van der Waals surface area contributed by atoms with Gasteiger partial charge in [0.25, 0.3) is 0 Å². The van der Waals surface area contributed by atoms with Crippen molar-refractivity contribution in [3.05, 3.63) is 29.8 Å². The van der Waals surface area contributed by atoms with Gasteiger partial charge in [0.1, 0.15) is 5.75 Å². The Kier molecular flexibility index (Phi) is 2.77. The van der Waals surface area contributed by atoms with Gasteiger partial charge in [0.2, 0.25) is 0 Å². The van der Waals surface area contributed by atoms with Gasteiger partial charge in [0.05, 0.1) is 12.4 Å². The van der Waals surface area contributed by atoms with E-state index < -0.39 is 0 Å². The van der Waals surface area contributed by atoms with Gasteiger partial charge in [-0.2, -0.15) is 0 Å². The Hall–Kier alpha value is -0.960. The summed E-state index contributed by atoms with van der Waals surface area (Å²) in [4.78, 5) is 11.5. The van der Waals surface area contributed by atoms with E-state index in [1.54, 1.807) is 18.9 Å². The average molecular weight is 208 g/mol. The predicted molar refractivity (Wildman–Crippen MR) is 57.8 cm³/mol. The molecule has 1 heterocycles. The number of ether oxygens (including phenoxy) is 1. The minimum absolute atomic E-state index is 0.0325. The lowest BCUT2D eigenvalue weighted by Crippen LogP contribution is -2.01. The van der Waals surface area contributed by atoms with Crippen molar-refractivity contribution in [2.45, 2.75) is 11.7 Å². The van der Waals surface area contributed by atoms with Crippen molar-refractivity contribution < 1.29 is 9.53 Å². The van der Waals surface area contributed by atoms with Crippen LogP contribution in [0.5, 0.6) is 5.75 Å². The summed E-state index contributed by atoms with van der Waals surface area (Å²) in [7, 11) is 1.64. The third-order valence-corrected chi connectivity index (χ3v) is 3.63. The molecule has 0 radical (unpaired) electrons. The number of thioether (sulfide) groups is 1. The first-order valence-electron chi connectivity index (χ1n) is 4.59. The molecule has 0 bridgehead atoms. The third kappa shape index (κ3) is 1.77. The van der Waals surface area contributed by atoms with Gasteiger partial charge in [-0.25, -0.2) is 0 Å². The number of Topliss-reactive ketones (excluding diaryl/α,β-unsaturated/α-hetero) is 1.